The van der Waals surface area contributed by atoms with Gasteiger partial charge in [-0.1, -0.05) is 12.1 Å². The van der Waals surface area contributed by atoms with E-state index in [0.717, 1.165) is 0 Å². The zero-order valence-electron chi connectivity index (χ0n) is 19.1. The molecule has 2 heterocycles. The van der Waals surface area contributed by atoms with Crippen molar-refractivity contribution in [3.8, 4) is 11.4 Å². The minimum Gasteiger partial charge on any atom is -0.497 e. The SMILES string of the molecule is COc1ccc(NC(=O)C2CCCN2C(=O)c2nn(-c3ccccc3[N+](=O)[O-])c(C)cc2=O)cc1. The molecule has 11 nitrogen and oxygen atoms in total. The highest BCUT2D eigenvalue weighted by molar-refractivity contribution is 6.00. The van der Waals surface area contributed by atoms with Gasteiger partial charge in [0.05, 0.1) is 12.0 Å². The number of nitro benzene ring substituents is 1. The Kier molecular flexibility index (Phi) is 6.58. The summed E-state index contributed by atoms with van der Waals surface area (Å²) in [5.74, 6) is -0.442. The van der Waals surface area contributed by atoms with Gasteiger partial charge in [0.1, 0.15) is 17.5 Å². The molecule has 1 atom stereocenters. The number of hydrogen-bond donors (Lipinski definition) is 1. The molecule has 0 aliphatic carbocycles. The Morgan fingerprint density at radius 2 is 1.89 bits per heavy atom. The van der Waals surface area contributed by atoms with Gasteiger partial charge >= 0.3 is 0 Å². The number of nitro groups is 1. The van der Waals surface area contributed by atoms with Crippen molar-refractivity contribution in [1.82, 2.24) is 14.7 Å². The highest BCUT2D eigenvalue weighted by Gasteiger charge is 2.36. The van der Waals surface area contributed by atoms with Crippen molar-refractivity contribution in [2.24, 2.45) is 0 Å². The number of hydrogen-bond acceptors (Lipinski definition) is 7. The number of anilines is 1. The minimum absolute atomic E-state index is 0.124. The van der Waals surface area contributed by atoms with Gasteiger partial charge in [0.2, 0.25) is 11.3 Å². The number of likely N-dealkylation sites (tertiary alicyclic amines) is 1. The molecule has 4 rings (SSSR count). The first-order valence-electron chi connectivity index (χ1n) is 10.9. The number of methoxy groups -OCH3 is 1. The fourth-order valence-corrected chi connectivity index (χ4v) is 4.06. The molecule has 1 N–H and O–H groups in total. The van der Waals surface area contributed by atoms with Gasteiger partial charge in [0.25, 0.3) is 11.6 Å². The molecule has 0 radical (unpaired) electrons. The monoisotopic (exact) mass is 477 g/mol. The number of nitrogens with one attached hydrogen (secondary N) is 1. The molecular formula is C24H23N5O6. The molecule has 1 aliphatic rings. The first-order chi connectivity index (χ1) is 16.8. The summed E-state index contributed by atoms with van der Waals surface area (Å²) in [6.07, 6.45) is 1.01. The van der Waals surface area contributed by atoms with E-state index in [0.29, 0.717) is 30.0 Å². The van der Waals surface area contributed by atoms with Gasteiger partial charge in [-0.25, -0.2) is 4.68 Å². The average Bonchev–Trinajstić information content (AvgIpc) is 3.34. The topological polar surface area (TPSA) is 137 Å². The molecule has 35 heavy (non-hydrogen) atoms. The van der Waals surface area contributed by atoms with Crippen molar-refractivity contribution in [1.29, 1.82) is 0 Å². The van der Waals surface area contributed by atoms with E-state index in [1.165, 1.54) is 33.8 Å². The lowest BCUT2D eigenvalue weighted by Crippen LogP contribution is -2.45. The van der Waals surface area contributed by atoms with Crippen LogP contribution in [-0.2, 0) is 4.79 Å². The Morgan fingerprint density at radius 1 is 1.17 bits per heavy atom. The molecule has 11 heteroatoms. The van der Waals surface area contributed by atoms with Gasteiger partial charge in [0, 0.05) is 30.1 Å². The fourth-order valence-electron chi connectivity index (χ4n) is 4.06. The predicted octanol–water partition coefficient (Wildman–Crippen LogP) is 2.70. The number of carbonyl (C=O) groups excluding carboxylic acids is 2. The summed E-state index contributed by atoms with van der Waals surface area (Å²) in [6.45, 7) is 1.85. The van der Waals surface area contributed by atoms with Crippen LogP contribution in [0.4, 0.5) is 11.4 Å². The second-order valence-corrected chi connectivity index (χ2v) is 8.03. The Bertz CT molecular complexity index is 1350. The Hall–Kier alpha value is -4.54. The maximum atomic E-state index is 13.4. The summed E-state index contributed by atoms with van der Waals surface area (Å²) in [7, 11) is 1.54. The molecular weight excluding hydrogens is 454 g/mol. The number of carbonyl (C=O) groups is 2. The molecule has 0 saturated carbocycles. The van der Waals surface area contributed by atoms with Gasteiger partial charge in [0.15, 0.2) is 5.69 Å². The van der Waals surface area contributed by atoms with Crippen molar-refractivity contribution >= 4 is 23.2 Å². The zero-order valence-corrected chi connectivity index (χ0v) is 19.1. The van der Waals surface area contributed by atoms with E-state index in [1.807, 2.05) is 0 Å². The summed E-state index contributed by atoms with van der Waals surface area (Å²) in [5.41, 5.74) is -0.248. The number of amides is 2. The molecule has 1 aliphatic heterocycles. The van der Waals surface area contributed by atoms with Crippen LogP contribution in [0.25, 0.3) is 5.69 Å². The number of aromatic nitrogens is 2. The predicted molar refractivity (Wildman–Crippen MR) is 127 cm³/mol. The first kappa shape index (κ1) is 23.6. The Labute approximate surface area is 200 Å². The van der Waals surface area contributed by atoms with Crippen LogP contribution in [0.5, 0.6) is 5.75 Å². The van der Waals surface area contributed by atoms with Crippen molar-refractivity contribution in [2.75, 3.05) is 19.0 Å². The summed E-state index contributed by atoms with van der Waals surface area (Å²) < 4.78 is 6.32. The molecule has 1 unspecified atom stereocenters. The van der Waals surface area contributed by atoms with Crippen LogP contribution in [0.1, 0.15) is 29.0 Å². The van der Waals surface area contributed by atoms with Crippen LogP contribution in [0, 0.1) is 17.0 Å². The van der Waals surface area contributed by atoms with Gasteiger partial charge in [-0.05, 0) is 50.1 Å². The molecule has 1 saturated heterocycles. The lowest BCUT2D eigenvalue weighted by Gasteiger charge is -2.24. The lowest BCUT2D eigenvalue weighted by atomic mass is 10.2. The lowest BCUT2D eigenvalue weighted by molar-refractivity contribution is -0.384. The molecule has 1 aromatic heterocycles. The number of nitrogens with zero attached hydrogens (tertiary/aromatic N) is 4. The van der Waals surface area contributed by atoms with Crippen LogP contribution in [0.15, 0.2) is 59.4 Å². The van der Waals surface area contributed by atoms with E-state index in [1.54, 1.807) is 44.4 Å². The molecule has 3 aromatic rings. The summed E-state index contributed by atoms with van der Waals surface area (Å²) >= 11 is 0. The standard InChI is InChI=1S/C24H23N5O6/c1-15-14-21(30)22(26-28(15)18-6-3-4-7-19(18)29(33)34)24(32)27-13-5-8-20(27)23(31)25-16-9-11-17(35-2)12-10-16/h3-4,6-7,9-12,14,20H,5,8,13H2,1-2H3,(H,25,31). The van der Waals surface area contributed by atoms with Gasteiger partial charge in [-0.3, -0.25) is 24.5 Å². The van der Waals surface area contributed by atoms with E-state index < -0.39 is 28.0 Å². The van der Waals surface area contributed by atoms with Crippen LogP contribution >= 0.6 is 0 Å². The number of aryl methyl sites for hydroxylation is 1. The van der Waals surface area contributed by atoms with E-state index in [2.05, 4.69) is 10.4 Å². The largest absolute Gasteiger partial charge is 0.497 e. The molecule has 2 aromatic carbocycles. The van der Waals surface area contributed by atoms with E-state index in [4.69, 9.17) is 4.74 Å². The summed E-state index contributed by atoms with van der Waals surface area (Å²) in [4.78, 5) is 51.2. The zero-order chi connectivity index (χ0) is 25.1. The fraction of sp³-hybridized carbons (Fsp3) is 0.250. The smallest absolute Gasteiger partial charge is 0.294 e. The molecule has 180 valence electrons. The maximum absolute atomic E-state index is 13.4. The van der Waals surface area contributed by atoms with Gasteiger partial charge in [-0.15, -0.1) is 0 Å². The average molecular weight is 477 g/mol. The number of benzene rings is 2. The van der Waals surface area contributed by atoms with Crippen molar-refractivity contribution in [3.05, 3.63) is 86.3 Å². The van der Waals surface area contributed by atoms with E-state index >= 15 is 0 Å². The van der Waals surface area contributed by atoms with Gasteiger partial charge < -0.3 is 15.0 Å². The second-order valence-electron chi connectivity index (χ2n) is 8.03. The highest BCUT2D eigenvalue weighted by Crippen LogP contribution is 2.24. The molecule has 0 bridgehead atoms. The van der Waals surface area contributed by atoms with Crippen molar-refractivity contribution < 1.29 is 19.2 Å². The van der Waals surface area contributed by atoms with Crippen molar-refractivity contribution in [2.45, 2.75) is 25.8 Å². The van der Waals surface area contributed by atoms with Gasteiger partial charge in [-0.2, -0.15) is 5.10 Å². The van der Waals surface area contributed by atoms with Crippen LogP contribution in [0.2, 0.25) is 0 Å². The molecule has 1 fully saturated rings. The number of para-hydroxylation sites is 2. The van der Waals surface area contributed by atoms with Crippen molar-refractivity contribution in [3.63, 3.8) is 0 Å². The van der Waals surface area contributed by atoms with Crippen LogP contribution < -0.4 is 15.5 Å². The maximum Gasteiger partial charge on any atom is 0.294 e. The van der Waals surface area contributed by atoms with Crippen LogP contribution in [-0.4, -0.2) is 51.1 Å². The Morgan fingerprint density at radius 3 is 2.57 bits per heavy atom. The number of rotatable bonds is 6. The molecule has 0 spiro atoms. The van der Waals surface area contributed by atoms with E-state index in [-0.39, 0.29) is 23.8 Å². The van der Waals surface area contributed by atoms with Crippen LogP contribution in [0.3, 0.4) is 0 Å². The second kappa shape index (κ2) is 9.75. The normalized spacial score (nSPS) is 15.0. The van der Waals surface area contributed by atoms with E-state index in [9.17, 15) is 24.5 Å². The quantitative estimate of drug-likeness (QED) is 0.426. The third-order valence-corrected chi connectivity index (χ3v) is 5.79. The minimum atomic E-state index is -0.786. The third kappa shape index (κ3) is 4.74. The Balaban J connectivity index is 1.63. The number of ether oxygens (including phenoxy) is 1. The first-order valence-corrected chi connectivity index (χ1v) is 10.9. The molecule has 2 amide bonds. The summed E-state index contributed by atoms with van der Waals surface area (Å²) in [5, 5.41) is 18.5. The summed E-state index contributed by atoms with van der Waals surface area (Å²) in [6, 6.07) is 13.1. The third-order valence-electron chi connectivity index (χ3n) is 5.79. The highest BCUT2D eigenvalue weighted by atomic mass is 16.6.